The first-order chi connectivity index (χ1) is 11.5. The molecule has 128 valence electrons. The predicted octanol–water partition coefficient (Wildman–Crippen LogP) is 3.77. The molecule has 0 fully saturated rings. The molecule has 1 atom stereocenters. The molecule has 0 spiro atoms. The Morgan fingerprint density at radius 3 is 2.50 bits per heavy atom. The molecule has 4 nitrogen and oxygen atoms in total. The Kier molecular flexibility index (Phi) is 6.82. The molecule has 0 bridgehead atoms. The molecule has 2 aromatic rings. The van der Waals surface area contributed by atoms with Gasteiger partial charge in [-0.25, -0.2) is 0 Å². The summed E-state index contributed by atoms with van der Waals surface area (Å²) in [7, 11) is 3.59. The van der Waals surface area contributed by atoms with Crippen molar-refractivity contribution in [1.82, 2.24) is 10.2 Å². The van der Waals surface area contributed by atoms with Crippen LogP contribution >= 0.6 is 15.9 Å². The van der Waals surface area contributed by atoms with E-state index in [2.05, 4.69) is 21.2 Å². The van der Waals surface area contributed by atoms with Gasteiger partial charge in [-0.2, -0.15) is 0 Å². The number of rotatable bonds is 7. The van der Waals surface area contributed by atoms with Gasteiger partial charge in [0.2, 0.25) is 5.91 Å². The van der Waals surface area contributed by atoms with Gasteiger partial charge in [-0.3, -0.25) is 9.69 Å². The smallest absolute Gasteiger partial charge is 0.234 e. The molecule has 5 heteroatoms. The Labute approximate surface area is 151 Å². The Balaban J connectivity index is 1.85. The average Bonchev–Trinajstić information content (AvgIpc) is 2.55. The van der Waals surface area contributed by atoms with Crippen molar-refractivity contribution < 1.29 is 9.53 Å². The summed E-state index contributed by atoms with van der Waals surface area (Å²) in [5, 5.41) is 3.04. The quantitative estimate of drug-likeness (QED) is 0.782. The SMILES string of the molecule is COc1ccc(CN(C)CC(=O)N[C@H](C)c2ccccc2Br)cc1. The van der Waals surface area contributed by atoms with Crippen molar-refractivity contribution in [3.8, 4) is 5.75 Å². The van der Waals surface area contributed by atoms with E-state index in [0.29, 0.717) is 13.1 Å². The number of carbonyl (C=O) groups is 1. The fourth-order valence-corrected chi connectivity index (χ4v) is 3.16. The number of halogens is 1. The molecule has 0 aromatic heterocycles. The second-order valence-corrected chi connectivity index (χ2v) is 6.69. The number of benzene rings is 2. The van der Waals surface area contributed by atoms with Gasteiger partial charge in [0.25, 0.3) is 0 Å². The standard InChI is InChI=1S/C19H23BrN2O2/c1-14(17-6-4-5-7-18(17)20)21-19(23)13-22(2)12-15-8-10-16(24-3)11-9-15/h4-11,14H,12-13H2,1-3H3,(H,21,23)/t14-/m1/s1. The summed E-state index contributed by atoms with van der Waals surface area (Å²) in [4.78, 5) is 14.2. The lowest BCUT2D eigenvalue weighted by Gasteiger charge is -2.20. The van der Waals surface area contributed by atoms with Gasteiger partial charge < -0.3 is 10.1 Å². The van der Waals surface area contributed by atoms with Crippen LogP contribution in [0.3, 0.4) is 0 Å². The van der Waals surface area contributed by atoms with Gasteiger partial charge in [-0.05, 0) is 43.3 Å². The molecular weight excluding hydrogens is 368 g/mol. The van der Waals surface area contributed by atoms with E-state index in [1.54, 1.807) is 7.11 Å². The number of methoxy groups -OCH3 is 1. The third-order valence-electron chi connectivity index (χ3n) is 3.77. The minimum atomic E-state index is -0.0394. The molecule has 1 N–H and O–H groups in total. The molecule has 0 heterocycles. The van der Waals surface area contributed by atoms with Crippen LogP contribution in [0.4, 0.5) is 0 Å². The van der Waals surface area contributed by atoms with Crippen molar-refractivity contribution in [2.75, 3.05) is 20.7 Å². The average molecular weight is 391 g/mol. The Morgan fingerprint density at radius 1 is 1.21 bits per heavy atom. The zero-order valence-corrected chi connectivity index (χ0v) is 15.8. The number of hydrogen-bond donors (Lipinski definition) is 1. The molecule has 1 amide bonds. The zero-order valence-electron chi connectivity index (χ0n) is 14.3. The maximum Gasteiger partial charge on any atom is 0.234 e. The Hall–Kier alpha value is -1.85. The third-order valence-corrected chi connectivity index (χ3v) is 4.50. The van der Waals surface area contributed by atoms with Crippen LogP contribution in [0.5, 0.6) is 5.75 Å². The van der Waals surface area contributed by atoms with E-state index in [0.717, 1.165) is 21.3 Å². The number of nitrogens with zero attached hydrogens (tertiary/aromatic N) is 1. The van der Waals surface area contributed by atoms with Gasteiger partial charge in [0.15, 0.2) is 0 Å². The van der Waals surface area contributed by atoms with E-state index in [-0.39, 0.29) is 11.9 Å². The monoisotopic (exact) mass is 390 g/mol. The fraction of sp³-hybridized carbons (Fsp3) is 0.316. The maximum atomic E-state index is 12.3. The first kappa shape index (κ1) is 18.5. The Bertz CT molecular complexity index is 673. The number of likely N-dealkylation sites (N-methyl/N-ethyl adjacent to an activating group) is 1. The molecule has 0 saturated heterocycles. The molecule has 0 aliphatic heterocycles. The molecular formula is C19H23BrN2O2. The van der Waals surface area contributed by atoms with Gasteiger partial charge >= 0.3 is 0 Å². The summed E-state index contributed by atoms with van der Waals surface area (Å²) >= 11 is 3.52. The fourth-order valence-electron chi connectivity index (χ4n) is 2.53. The van der Waals surface area contributed by atoms with Crippen LogP contribution in [0.15, 0.2) is 53.0 Å². The van der Waals surface area contributed by atoms with Crippen molar-refractivity contribution >= 4 is 21.8 Å². The molecule has 2 rings (SSSR count). The molecule has 0 unspecified atom stereocenters. The second-order valence-electron chi connectivity index (χ2n) is 5.83. The van der Waals surface area contributed by atoms with Gasteiger partial charge in [0.05, 0.1) is 19.7 Å². The highest BCUT2D eigenvalue weighted by molar-refractivity contribution is 9.10. The highest BCUT2D eigenvalue weighted by Crippen LogP contribution is 2.22. The summed E-state index contributed by atoms with van der Waals surface area (Å²) < 4.78 is 6.16. The third kappa shape index (κ3) is 5.35. The molecule has 0 aliphatic carbocycles. The number of nitrogens with one attached hydrogen (secondary N) is 1. The van der Waals surface area contributed by atoms with Crippen LogP contribution in [0.1, 0.15) is 24.1 Å². The van der Waals surface area contributed by atoms with Crippen molar-refractivity contribution in [2.24, 2.45) is 0 Å². The molecule has 24 heavy (non-hydrogen) atoms. The summed E-state index contributed by atoms with van der Waals surface area (Å²) in [6, 6.07) is 15.8. The van der Waals surface area contributed by atoms with Crippen molar-refractivity contribution in [3.63, 3.8) is 0 Å². The van der Waals surface area contributed by atoms with E-state index in [4.69, 9.17) is 4.74 Å². The number of hydrogen-bond acceptors (Lipinski definition) is 3. The summed E-state index contributed by atoms with van der Waals surface area (Å²) in [5.74, 6) is 0.843. The Morgan fingerprint density at radius 2 is 1.88 bits per heavy atom. The topological polar surface area (TPSA) is 41.6 Å². The van der Waals surface area contributed by atoms with E-state index in [9.17, 15) is 4.79 Å². The highest BCUT2D eigenvalue weighted by Gasteiger charge is 2.13. The summed E-state index contributed by atoms with van der Waals surface area (Å²) in [6.07, 6.45) is 0. The van der Waals surface area contributed by atoms with Crippen molar-refractivity contribution in [2.45, 2.75) is 19.5 Å². The molecule has 2 aromatic carbocycles. The number of carbonyl (C=O) groups excluding carboxylic acids is 1. The number of amides is 1. The summed E-state index contributed by atoms with van der Waals surface area (Å²) in [6.45, 7) is 3.04. The molecule has 0 saturated carbocycles. The predicted molar refractivity (Wildman–Crippen MR) is 100 cm³/mol. The van der Waals surface area contributed by atoms with Crippen LogP contribution in [0, 0.1) is 0 Å². The van der Waals surface area contributed by atoms with Crippen LogP contribution in [0.25, 0.3) is 0 Å². The maximum absolute atomic E-state index is 12.3. The van der Waals surface area contributed by atoms with E-state index in [1.165, 1.54) is 0 Å². The van der Waals surface area contributed by atoms with Gasteiger partial charge in [-0.15, -0.1) is 0 Å². The minimum Gasteiger partial charge on any atom is -0.497 e. The summed E-state index contributed by atoms with van der Waals surface area (Å²) in [5.41, 5.74) is 2.22. The van der Waals surface area contributed by atoms with Crippen LogP contribution in [0.2, 0.25) is 0 Å². The second kappa shape index (κ2) is 8.85. The lowest BCUT2D eigenvalue weighted by molar-refractivity contribution is -0.122. The lowest BCUT2D eigenvalue weighted by Crippen LogP contribution is -2.36. The van der Waals surface area contributed by atoms with Crippen LogP contribution < -0.4 is 10.1 Å². The van der Waals surface area contributed by atoms with E-state index in [1.807, 2.05) is 67.4 Å². The molecule has 0 aliphatic rings. The van der Waals surface area contributed by atoms with Gasteiger partial charge in [0.1, 0.15) is 5.75 Å². The first-order valence-corrected chi connectivity index (χ1v) is 8.64. The van der Waals surface area contributed by atoms with Crippen LogP contribution in [-0.4, -0.2) is 31.5 Å². The van der Waals surface area contributed by atoms with Crippen LogP contribution in [-0.2, 0) is 11.3 Å². The highest BCUT2D eigenvalue weighted by atomic mass is 79.9. The largest absolute Gasteiger partial charge is 0.497 e. The van der Waals surface area contributed by atoms with E-state index >= 15 is 0 Å². The normalized spacial score (nSPS) is 12.0. The van der Waals surface area contributed by atoms with Crippen molar-refractivity contribution in [3.05, 3.63) is 64.1 Å². The minimum absolute atomic E-state index is 0.00858. The number of ether oxygens (including phenoxy) is 1. The van der Waals surface area contributed by atoms with Crippen molar-refractivity contribution in [1.29, 1.82) is 0 Å². The van der Waals surface area contributed by atoms with Gasteiger partial charge in [-0.1, -0.05) is 46.3 Å². The lowest BCUT2D eigenvalue weighted by atomic mass is 10.1. The van der Waals surface area contributed by atoms with Gasteiger partial charge in [0, 0.05) is 11.0 Å². The molecule has 0 radical (unpaired) electrons. The van der Waals surface area contributed by atoms with E-state index < -0.39 is 0 Å². The zero-order chi connectivity index (χ0) is 17.5. The first-order valence-electron chi connectivity index (χ1n) is 7.85.